The molecule has 1 heterocycles. The number of fused-ring (bicyclic) bond motifs is 1. The minimum Gasteiger partial charge on any atom is -0.348 e. The van der Waals surface area contributed by atoms with Gasteiger partial charge in [-0.1, -0.05) is 48.0 Å². The largest absolute Gasteiger partial charge is 0.348 e. The molecule has 3 rings (SSSR count). The fraction of sp³-hybridized carbons (Fsp3) is 0.227. The van der Waals surface area contributed by atoms with Gasteiger partial charge in [-0.2, -0.15) is 0 Å². The summed E-state index contributed by atoms with van der Waals surface area (Å²) >= 11 is 3.44. The van der Waals surface area contributed by atoms with E-state index < -0.39 is 0 Å². The number of hydrogen-bond donors (Lipinski definition) is 2. The third kappa shape index (κ3) is 4.75. The number of aryl methyl sites for hydroxylation is 1. The van der Waals surface area contributed by atoms with Crippen molar-refractivity contribution in [3.8, 4) is 0 Å². The number of carbonyl (C=O) groups excluding carboxylic acids is 2. The topological polar surface area (TPSA) is 71.1 Å². The molecule has 0 saturated heterocycles. The minimum atomic E-state index is -0.212. The smallest absolute Gasteiger partial charge is 0.252 e. The van der Waals surface area contributed by atoms with Gasteiger partial charge in [0, 0.05) is 33.7 Å². The average Bonchev–Trinajstić information content (AvgIpc) is 2.65. The summed E-state index contributed by atoms with van der Waals surface area (Å²) in [6, 6.07) is 15.0. The Bertz CT molecular complexity index is 1050. The van der Waals surface area contributed by atoms with E-state index in [0.29, 0.717) is 23.3 Å². The molecule has 0 aliphatic heterocycles. The highest BCUT2D eigenvalue weighted by atomic mass is 79.9. The van der Waals surface area contributed by atoms with E-state index in [1.54, 1.807) is 12.1 Å². The number of nitrogens with zero attached hydrogens (tertiary/aromatic N) is 1. The van der Waals surface area contributed by atoms with E-state index in [1.165, 1.54) is 0 Å². The maximum absolute atomic E-state index is 12.9. The highest BCUT2D eigenvalue weighted by molar-refractivity contribution is 9.10. The number of halogens is 1. The summed E-state index contributed by atoms with van der Waals surface area (Å²) in [5.41, 5.74) is 3.57. The van der Waals surface area contributed by atoms with Gasteiger partial charge in [0.15, 0.2) is 0 Å². The SMILES string of the molecule is Cc1ccc2c(C(=O)NCc3cccc(Br)c3)cc(NC(=O)C(C)C)cc2n1. The van der Waals surface area contributed by atoms with E-state index in [0.717, 1.165) is 21.1 Å². The lowest BCUT2D eigenvalue weighted by Gasteiger charge is -2.13. The third-order valence-corrected chi connectivity index (χ3v) is 4.82. The van der Waals surface area contributed by atoms with Gasteiger partial charge >= 0.3 is 0 Å². The summed E-state index contributed by atoms with van der Waals surface area (Å²) in [6.07, 6.45) is 0. The number of aromatic nitrogens is 1. The van der Waals surface area contributed by atoms with Crippen LogP contribution in [0.1, 0.15) is 35.5 Å². The Kier molecular flexibility index (Phi) is 6.09. The zero-order valence-corrected chi connectivity index (χ0v) is 17.6. The Morgan fingerprint density at radius 2 is 1.89 bits per heavy atom. The first-order valence-corrected chi connectivity index (χ1v) is 9.87. The van der Waals surface area contributed by atoms with Crippen molar-refractivity contribution in [2.45, 2.75) is 27.3 Å². The first-order chi connectivity index (χ1) is 13.3. The van der Waals surface area contributed by atoms with E-state index in [-0.39, 0.29) is 17.7 Å². The summed E-state index contributed by atoms with van der Waals surface area (Å²) in [5.74, 6) is -0.473. The molecule has 0 bridgehead atoms. The van der Waals surface area contributed by atoms with Crippen molar-refractivity contribution in [2.75, 3.05) is 5.32 Å². The van der Waals surface area contributed by atoms with E-state index in [1.807, 2.05) is 57.2 Å². The monoisotopic (exact) mass is 439 g/mol. The molecule has 28 heavy (non-hydrogen) atoms. The molecule has 0 radical (unpaired) electrons. The zero-order chi connectivity index (χ0) is 20.3. The molecule has 0 aliphatic carbocycles. The van der Waals surface area contributed by atoms with E-state index in [2.05, 4.69) is 31.5 Å². The van der Waals surface area contributed by atoms with Gasteiger partial charge in [-0.05, 0) is 42.8 Å². The number of anilines is 1. The molecule has 6 heteroatoms. The number of hydrogen-bond acceptors (Lipinski definition) is 3. The molecular formula is C22H22BrN3O2. The maximum Gasteiger partial charge on any atom is 0.252 e. The van der Waals surface area contributed by atoms with Gasteiger partial charge in [0.05, 0.1) is 11.1 Å². The number of rotatable bonds is 5. The molecule has 0 aliphatic rings. The standard InChI is InChI=1S/C22H22BrN3O2/c1-13(2)21(27)26-17-10-19(18-8-7-14(3)25-20(18)11-17)22(28)24-12-15-5-4-6-16(23)9-15/h4-11,13H,12H2,1-3H3,(H,24,28)(H,26,27). The first kappa shape index (κ1) is 20.0. The summed E-state index contributed by atoms with van der Waals surface area (Å²) in [4.78, 5) is 29.5. The molecule has 2 N–H and O–H groups in total. The second kappa shape index (κ2) is 8.52. The third-order valence-electron chi connectivity index (χ3n) is 4.32. The van der Waals surface area contributed by atoms with E-state index in [9.17, 15) is 9.59 Å². The maximum atomic E-state index is 12.9. The Labute approximate surface area is 172 Å². The molecule has 1 aromatic heterocycles. The summed E-state index contributed by atoms with van der Waals surface area (Å²) in [7, 11) is 0. The van der Waals surface area contributed by atoms with Gasteiger partial charge in [-0.15, -0.1) is 0 Å². The quantitative estimate of drug-likeness (QED) is 0.597. The molecule has 0 fully saturated rings. The fourth-order valence-corrected chi connectivity index (χ4v) is 3.25. The van der Waals surface area contributed by atoms with Crippen molar-refractivity contribution in [3.63, 3.8) is 0 Å². The summed E-state index contributed by atoms with van der Waals surface area (Å²) in [5, 5.41) is 6.57. The Morgan fingerprint density at radius 1 is 1.11 bits per heavy atom. The lowest BCUT2D eigenvalue weighted by atomic mass is 10.0. The predicted molar refractivity (Wildman–Crippen MR) is 115 cm³/mol. The predicted octanol–water partition coefficient (Wildman–Crippen LogP) is 4.83. The number of nitrogens with one attached hydrogen (secondary N) is 2. The van der Waals surface area contributed by atoms with Crippen molar-refractivity contribution in [3.05, 3.63) is 69.8 Å². The minimum absolute atomic E-state index is 0.104. The first-order valence-electron chi connectivity index (χ1n) is 9.08. The molecule has 2 amide bonds. The van der Waals surface area contributed by atoms with Gasteiger partial charge in [0.2, 0.25) is 5.91 Å². The number of carbonyl (C=O) groups is 2. The molecule has 0 atom stereocenters. The van der Waals surface area contributed by atoms with Crippen molar-refractivity contribution >= 4 is 44.3 Å². The molecule has 0 spiro atoms. The van der Waals surface area contributed by atoms with Crippen LogP contribution in [0, 0.1) is 12.8 Å². The van der Waals surface area contributed by atoms with Gasteiger partial charge in [0.25, 0.3) is 5.91 Å². The number of benzene rings is 2. The second-order valence-corrected chi connectivity index (χ2v) is 7.92. The molecule has 3 aromatic rings. The van der Waals surface area contributed by atoms with E-state index in [4.69, 9.17) is 0 Å². The fourth-order valence-electron chi connectivity index (χ4n) is 2.81. The zero-order valence-electron chi connectivity index (χ0n) is 16.0. The van der Waals surface area contributed by atoms with Crippen LogP contribution in [0.25, 0.3) is 10.9 Å². The van der Waals surface area contributed by atoms with Crippen LogP contribution < -0.4 is 10.6 Å². The van der Waals surface area contributed by atoms with Crippen LogP contribution in [-0.4, -0.2) is 16.8 Å². The van der Waals surface area contributed by atoms with Crippen molar-refractivity contribution < 1.29 is 9.59 Å². The van der Waals surface area contributed by atoms with Crippen LogP contribution in [-0.2, 0) is 11.3 Å². The van der Waals surface area contributed by atoms with Gasteiger partial charge in [-0.3, -0.25) is 14.6 Å². The van der Waals surface area contributed by atoms with Crippen molar-refractivity contribution in [2.24, 2.45) is 5.92 Å². The Balaban J connectivity index is 1.93. The number of pyridine rings is 1. The Hall–Kier alpha value is -2.73. The van der Waals surface area contributed by atoms with Crippen LogP contribution in [0.3, 0.4) is 0 Å². The highest BCUT2D eigenvalue weighted by Crippen LogP contribution is 2.24. The van der Waals surface area contributed by atoms with Crippen molar-refractivity contribution in [1.29, 1.82) is 0 Å². The van der Waals surface area contributed by atoms with E-state index >= 15 is 0 Å². The van der Waals surface area contributed by atoms with Gasteiger partial charge < -0.3 is 10.6 Å². The summed E-state index contributed by atoms with van der Waals surface area (Å²) < 4.78 is 0.961. The van der Waals surface area contributed by atoms with Gasteiger partial charge in [0.1, 0.15) is 0 Å². The highest BCUT2D eigenvalue weighted by Gasteiger charge is 2.15. The molecule has 2 aromatic carbocycles. The molecule has 0 unspecified atom stereocenters. The van der Waals surface area contributed by atoms with Gasteiger partial charge in [-0.25, -0.2) is 0 Å². The van der Waals surface area contributed by atoms with Crippen LogP contribution in [0.15, 0.2) is 53.0 Å². The second-order valence-electron chi connectivity index (χ2n) is 7.00. The molecular weight excluding hydrogens is 418 g/mol. The van der Waals surface area contributed by atoms with Crippen LogP contribution in [0.4, 0.5) is 5.69 Å². The normalized spacial score (nSPS) is 10.9. The lowest BCUT2D eigenvalue weighted by molar-refractivity contribution is -0.118. The molecule has 0 saturated carbocycles. The lowest BCUT2D eigenvalue weighted by Crippen LogP contribution is -2.24. The van der Waals surface area contributed by atoms with Crippen LogP contribution in [0.5, 0.6) is 0 Å². The van der Waals surface area contributed by atoms with Crippen LogP contribution >= 0.6 is 15.9 Å². The Morgan fingerprint density at radius 3 is 2.61 bits per heavy atom. The van der Waals surface area contributed by atoms with Crippen LogP contribution in [0.2, 0.25) is 0 Å². The van der Waals surface area contributed by atoms with Crippen molar-refractivity contribution in [1.82, 2.24) is 10.3 Å². The summed E-state index contributed by atoms with van der Waals surface area (Å²) in [6.45, 7) is 5.95. The molecule has 144 valence electrons. The number of amides is 2. The average molecular weight is 440 g/mol. The molecule has 5 nitrogen and oxygen atoms in total.